The van der Waals surface area contributed by atoms with Crippen molar-refractivity contribution >= 4 is 27.5 Å². The highest BCUT2D eigenvalue weighted by Crippen LogP contribution is 2.23. The Kier molecular flexibility index (Phi) is 3.74. The first-order valence-electron chi connectivity index (χ1n) is 3.39. The van der Waals surface area contributed by atoms with E-state index in [1.165, 1.54) is 12.3 Å². The van der Waals surface area contributed by atoms with Gasteiger partial charge in [-0.05, 0) is 22.0 Å². The number of nitrogens with zero attached hydrogens (tertiary/aromatic N) is 1. The van der Waals surface area contributed by atoms with Gasteiger partial charge in [0.1, 0.15) is 5.15 Å². The maximum atomic E-state index is 11.7. The maximum Gasteiger partial charge on any atom is 0.522 e. The van der Waals surface area contributed by atoms with Gasteiger partial charge in [-0.15, -0.1) is 13.2 Å². The van der Waals surface area contributed by atoms with Crippen LogP contribution in [0.3, 0.4) is 0 Å². The van der Waals surface area contributed by atoms with Crippen LogP contribution >= 0.6 is 27.5 Å². The molecular formula is C7H4BrClF3NO. The summed E-state index contributed by atoms with van der Waals surface area (Å²) in [5.74, 6) is 0. The molecule has 0 saturated carbocycles. The van der Waals surface area contributed by atoms with Crippen molar-refractivity contribution in [1.82, 2.24) is 4.98 Å². The first-order chi connectivity index (χ1) is 6.38. The summed E-state index contributed by atoms with van der Waals surface area (Å²) >= 11 is 8.60. The third-order valence-electron chi connectivity index (χ3n) is 1.27. The highest BCUT2D eigenvalue weighted by Gasteiger charge is 2.29. The van der Waals surface area contributed by atoms with Gasteiger partial charge in [0.2, 0.25) is 0 Å². The Morgan fingerprint density at radius 3 is 2.71 bits per heavy atom. The molecule has 0 radical (unpaired) electrons. The molecule has 1 heterocycles. The second kappa shape index (κ2) is 4.46. The zero-order valence-electron chi connectivity index (χ0n) is 6.61. The number of aromatic nitrogens is 1. The lowest BCUT2D eigenvalue weighted by Crippen LogP contribution is -2.13. The molecule has 0 N–H and O–H groups in total. The molecule has 0 aliphatic heterocycles. The molecule has 0 atom stereocenters. The summed E-state index contributed by atoms with van der Waals surface area (Å²) in [4.78, 5) is 3.65. The van der Waals surface area contributed by atoms with Crippen LogP contribution < -0.4 is 0 Å². The van der Waals surface area contributed by atoms with Crippen molar-refractivity contribution in [1.29, 1.82) is 0 Å². The number of rotatable bonds is 2. The summed E-state index contributed by atoms with van der Waals surface area (Å²) < 4.78 is 39.2. The van der Waals surface area contributed by atoms with Crippen LogP contribution in [0, 0.1) is 0 Å². The molecule has 0 fully saturated rings. The Labute approximate surface area is 91.2 Å². The van der Waals surface area contributed by atoms with Crippen molar-refractivity contribution in [2.45, 2.75) is 13.0 Å². The Morgan fingerprint density at radius 1 is 1.50 bits per heavy atom. The molecule has 78 valence electrons. The van der Waals surface area contributed by atoms with Gasteiger partial charge in [0.05, 0.1) is 6.61 Å². The van der Waals surface area contributed by atoms with Gasteiger partial charge < -0.3 is 0 Å². The molecule has 0 unspecified atom stereocenters. The van der Waals surface area contributed by atoms with Gasteiger partial charge in [-0.25, -0.2) is 4.98 Å². The molecule has 7 heteroatoms. The summed E-state index contributed by atoms with van der Waals surface area (Å²) in [6, 6.07) is 1.42. The fourth-order valence-electron chi connectivity index (χ4n) is 0.725. The number of hydrogen-bond acceptors (Lipinski definition) is 2. The maximum absolute atomic E-state index is 11.7. The summed E-state index contributed by atoms with van der Waals surface area (Å²) in [6.45, 7) is -0.644. The molecule has 1 rings (SSSR count). The molecule has 0 aliphatic carbocycles. The van der Waals surface area contributed by atoms with Crippen molar-refractivity contribution in [2.75, 3.05) is 0 Å². The lowest BCUT2D eigenvalue weighted by molar-refractivity contribution is -0.330. The largest absolute Gasteiger partial charge is 0.522 e. The fourth-order valence-corrected chi connectivity index (χ4v) is 1.26. The van der Waals surface area contributed by atoms with Crippen molar-refractivity contribution in [2.24, 2.45) is 0 Å². The Bertz CT molecular complexity index is 331. The summed E-state index contributed by atoms with van der Waals surface area (Å²) in [5.41, 5.74) is 0.179. The minimum absolute atomic E-state index is 0.00236. The Morgan fingerprint density at radius 2 is 2.14 bits per heavy atom. The van der Waals surface area contributed by atoms with Crippen LogP contribution in [0.5, 0.6) is 0 Å². The van der Waals surface area contributed by atoms with Crippen LogP contribution in [-0.4, -0.2) is 11.3 Å². The van der Waals surface area contributed by atoms with Gasteiger partial charge in [0, 0.05) is 16.2 Å². The Hall–Kier alpha value is -0.330. The first-order valence-corrected chi connectivity index (χ1v) is 4.56. The summed E-state index contributed by atoms with van der Waals surface area (Å²) in [7, 11) is 0. The van der Waals surface area contributed by atoms with E-state index in [-0.39, 0.29) is 10.7 Å². The van der Waals surface area contributed by atoms with Gasteiger partial charge >= 0.3 is 6.36 Å². The smallest absolute Gasteiger partial charge is 0.287 e. The number of halogens is 5. The zero-order valence-corrected chi connectivity index (χ0v) is 8.95. The molecule has 2 nitrogen and oxygen atoms in total. The average Bonchev–Trinajstić information content (AvgIpc) is 2.05. The third kappa shape index (κ3) is 3.81. The molecule has 1 aromatic heterocycles. The summed E-state index contributed by atoms with van der Waals surface area (Å²) in [5, 5.41) is -0.00236. The van der Waals surface area contributed by atoms with Crippen LogP contribution in [-0.2, 0) is 11.3 Å². The van der Waals surface area contributed by atoms with E-state index in [1.54, 1.807) is 0 Å². The molecular weight excluding hydrogens is 286 g/mol. The third-order valence-corrected chi connectivity index (χ3v) is 2.04. The first kappa shape index (κ1) is 11.7. The lowest BCUT2D eigenvalue weighted by atomic mass is 10.3. The SMILES string of the molecule is FC(F)(F)OCc1cc(Br)cnc1Cl. The zero-order chi connectivity index (χ0) is 10.8. The van der Waals surface area contributed by atoms with Crippen LogP contribution in [0.25, 0.3) is 0 Å². The predicted molar refractivity (Wildman–Crippen MR) is 47.8 cm³/mol. The van der Waals surface area contributed by atoms with Crippen molar-refractivity contribution < 1.29 is 17.9 Å². The monoisotopic (exact) mass is 289 g/mol. The second-order valence-corrected chi connectivity index (χ2v) is 3.61. The quantitative estimate of drug-likeness (QED) is 0.777. The highest BCUT2D eigenvalue weighted by molar-refractivity contribution is 9.10. The van der Waals surface area contributed by atoms with Gasteiger partial charge in [-0.1, -0.05) is 11.6 Å². The van der Waals surface area contributed by atoms with E-state index in [9.17, 15) is 13.2 Å². The standard InChI is InChI=1S/C7H4BrClF3NO/c8-5-1-4(6(9)13-2-5)3-14-7(10,11)12/h1-2H,3H2. The lowest BCUT2D eigenvalue weighted by Gasteiger charge is -2.08. The highest BCUT2D eigenvalue weighted by atomic mass is 79.9. The van der Waals surface area contributed by atoms with E-state index in [0.717, 1.165) is 0 Å². The second-order valence-electron chi connectivity index (χ2n) is 2.34. The predicted octanol–water partition coefficient (Wildman–Crippen LogP) is 3.53. The van der Waals surface area contributed by atoms with E-state index in [0.29, 0.717) is 4.47 Å². The van der Waals surface area contributed by atoms with Crippen LogP contribution in [0.15, 0.2) is 16.7 Å². The number of hydrogen-bond donors (Lipinski definition) is 0. The molecule has 14 heavy (non-hydrogen) atoms. The van der Waals surface area contributed by atoms with E-state index in [1.807, 2.05) is 0 Å². The fraction of sp³-hybridized carbons (Fsp3) is 0.286. The normalized spacial score (nSPS) is 11.8. The van der Waals surface area contributed by atoms with E-state index >= 15 is 0 Å². The molecule has 0 bridgehead atoms. The molecule has 0 spiro atoms. The topological polar surface area (TPSA) is 22.1 Å². The minimum atomic E-state index is -4.66. The van der Waals surface area contributed by atoms with Crippen LogP contribution in [0.2, 0.25) is 5.15 Å². The van der Waals surface area contributed by atoms with Crippen molar-refractivity contribution in [3.63, 3.8) is 0 Å². The molecule has 0 amide bonds. The van der Waals surface area contributed by atoms with Gasteiger partial charge in [-0.2, -0.15) is 0 Å². The summed E-state index contributed by atoms with van der Waals surface area (Å²) in [6.07, 6.45) is -3.27. The molecule has 1 aromatic rings. The van der Waals surface area contributed by atoms with Gasteiger partial charge in [-0.3, -0.25) is 4.74 Å². The van der Waals surface area contributed by atoms with Crippen LogP contribution in [0.1, 0.15) is 5.56 Å². The minimum Gasteiger partial charge on any atom is -0.287 e. The average molecular weight is 290 g/mol. The molecule has 0 aliphatic rings. The number of pyridine rings is 1. The number of ether oxygens (including phenoxy) is 1. The van der Waals surface area contributed by atoms with Gasteiger partial charge in [0.25, 0.3) is 0 Å². The van der Waals surface area contributed by atoms with E-state index in [4.69, 9.17) is 11.6 Å². The molecule has 0 aromatic carbocycles. The van der Waals surface area contributed by atoms with E-state index in [2.05, 4.69) is 25.7 Å². The molecule has 0 saturated heterocycles. The van der Waals surface area contributed by atoms with Crippen LogP contribution in [0.4, 0.5) is 13.2 Å². The van der Waals surface area contributed by atoms with Crippen molar-refractivity contribution in [3.8, 4) is 0 Å². The van der Waals surface area contributed by atoms with Gasteiger partial charge in [0.15, 0.2) is 0 Å². The Balaban J connectivity index is 2.72. The van der Waals surface area contributed by atoms with E-state index < -0.39 is 13.0 Å². The number of alkyl halides is 3. The van der Waals surface area contributed by atoms with Crippen molar-refractivity contribution in [3.05, 3.63) is 27.5 Å².